The molecule has 0 radical (unpaired) electrons. The molecule has 1 aromatic heterocycles. The van der Waals surface area contributed by atoms with Crippen LogP contribution < -0.4 is 5.73 Å². The Morgan fingerprint density at radius 2 is 2.14 bits per heavy atom. The molecule has 14 heavy (non-hydrogen) atoms. The molecule has 0 aliphatic heterocycles. The molecule has 0 aliphatic rings. The molecule has 0 bridgehead atoms. The van der Waals surface area contributed by atoms with E-state index in [-0.39, 0.29) is 6.42 Å². The largest absolute Gasteiger partial charge is 0.323 e. The summed E-state index contributed by atoms with van der Waals surface area (Å²) < 4.78 is 25.9. The summed E-state index contributed by atoms with van der Waals surface area (Å²) in [6.45, 7) is 1.72. The van der Waals surface area contributed by atoms with Crippen molar-refractivity contribution in [3.05, 3.63) is 16.4 Å². The van der Waals surface area contributed by atoms with Gasteiger partial charge in [0.1, 0.15) is 0 Å². The molecule has 0 spiro atoms. The van der Waals surface area contributed by atoms with Gasteiger partial charge in [0.15, 0.2) is 0 Å². The van der Waals surface area contributed by atoms with Gasteiger partial charge < -0.3 is 5.73 Å². The highest BCUT2D eigenvalue weighted by atomic mass is 35.5. The summed E-state index contributed by atoms with van der Waals surface area (Å²) in [5, 5.41) is 4.43. The van der Waals surface area contributed by atoms with E-state index in [9.17, 15) is 8.78 Å². The zero-order valence-corrected chi connectivity index (χ0v) is 8.72. The van der Waals surface area contributed by atoms with Crippen LogP contribution in [-0.4, -0.2) is 22.2 Å². The number of alkyl halides is 2. The Balaban J connectivity index is 2.86. The van der Waals surface area contributed by atoms with Crippen LogP contribution in [0.2, 0.25) is 5.02 Å². The molecule has 0 saturated heterocycles. The highest BCUT2D eigenvalue weighted by molar-refractivity contribution is 6.31. The van der Waals surface area contributed by atoms with Gasteiger partial charge in [0.2, 0.25) is 0 Å². The lowest BCUT2D eigenvalue weighted by Gasteiger charge is -2.10. The lowest BCUT2D eigenvalue weighted by Crippen LogP contribution is -2.31. The van der Waals surface area contributed by atoms with E-state index in [1.807, 2.05) is 0 Å². The first-order valence-corrected chi connectivity index (χ1v) is 4.53. The van der Waals surface area contributed by atoms with Gasteiger partial charge in [0, 0.05) is 13.5 Å². The number of rotatable bonds is 3. The molecule has 0 aliphatic carbocycles. The summed E-state index contributed by atoms with van der Waals surface area (Å²) in [5.74, 6) is 0. The van der Waals surface area contributed by atoms with Crippen LogP contribution in [0.15, 0.2) is 0 Å². The lowest BCUT2D eigenvalue weighted by molar-refractivity contribution is 0.115. The Bertz CT molecular complexity index is 325. The van der Waals surface area contributed by atoms with Crippen molar-refractivity contribution in [3.63, 3.8) is 0 Å². The van der Waals surface area contributed by atoms with Gasteiger partial charge in [-0.3, -0.25) is 4.68 Å². The maximum absolute atomic E-state index is 12.2. The van der Waals surface area contributed by atoms with Gasteiger partial charge in [-0.1, -0.05) is 11.6 Å². The first kappa shape index (κ1) is 11.4. The van der Waals surface area contributed by atoms with E-state index in [0.29, 0.717) is 16.4 Å². The topological polar surface area (TPSA) is 43.8 Å². The number of hydrogen-bond donors (Lipinski definition) is 1. The second kappa shape index (κ2) is 4.23. The zero-order valence-electron chi connectivity index (χ0n) is 7.97. The van der Waals surface area contributed by atoms with Gasteiger partial charge in [0.05, 0.1) is 22.5 Å². The first-order chi connectivity index (χ1) is 6.43. The van der Waals surface area contributed by atoms with Crippen molar-refractivity contribution in [2.24, 2.45) is 12.8 Å². The van der Waals surface area contributed by atoms with Crippen molar-refractivity contribution in [1.82, 2.24) is 9.78 Å². The van der Waals surface area contributed by atoms with E-state index in [2.05, 4.69) is 5.10 Å². The van der Waals surface area contributed by atoms with Crippen LogP contribution in [0.4, 0.5) is 8.78 Å². The van der Waals surface area contributed by atoms with Crippen LogP contribution in [0.3, 0.4) is 0 Å². The van der Waals surface area contributed by atoms with Crippen LogP contribution >= 0.6 is 11.6 Å². The molecule has 0 saturated carbocycles. The number of nitrogens with two attached hydrogens (primary N) is 1. The van der Waals surface area contributed by atoms with Crippen molar-refractivity contribution >= 4 is 11.6 Å². The predicted octanol–water partition coefficient (Wildman–Crippen LogP) is 1.52. The summed E-state index contributed by atoms with van der Waals surface area (Å²) >= 11 is 5.88. The molecule has 6 heteroatoms. The van der Waals surface area contributed by atoms with Gasteiger partial charge in [-0.05, 0) is 6.92 Å². The van der Waals surface area contributed by atoms with Crippen LogP contribution in [0.5, 0.6) is 0 Å². The molecule has 0 amide bonds. The monoisotopic (exact) mass is 223 g/mol. The van der Waals surface area contributed by atoms with E-state index in [0.717, 1.165) is 0 Å². The minimum absolute atomic E-state index is 0.0356. The average molecular weight is 224 g/mol. The zero-order chi connectivity index (χ0) is 10.9. The van der Waals surface area contributed by atoms with E-state index in [1.165, 1.54) is 4.68 Å². The van der Waals surface area contributed by atoms with E-state index in [1.54, 1.807) is 14.0 Å². The molecule has 1 rings (SSSR count). The Labute approximate surface area is 85.8 Å². The normalized spacial score (nSPS) is 13.6. The number of aryl methyl sites for hydroxylation is 2. The van der Waals surface area contributed by atoms with Gasteiger partial charge in [-0.15, -0.1) is 0 Å². The van der Waals surface area contributed by atoms with Gasteiger partial charge >= 0.3 is 0 Å². The molecule has 1 unspecified atom stereocenters. The Morgan fingerprint density at radius 3 is 2.50 bits per heavy atom. The van der Waals surface area contributed by atoms with Crippen molar-refractivity contribution < 1.29 is 8.78 Å². The summed E-state index contributed by atoms with van der Waals surface area (Å²) in [6.07, 6.45) is -2.50. The minimum Gasteiger partial charge on any atom is -0.323 e. The number of nitrogens with zero attached hydrogens (tertiary/aromatic N) is 2. The van der Waals surface area contributed by atoms with Crippen LogP contribution in [0.25, 0.3) is 0 Å². The molecule has 1 aromatic rings. The number of hydrogen-bond acceptors (Lipinski definition) is 2. The third kappa shape index (κ3) is 2.22. The quantitative estimate of drug-likeness (QED) is 0.845. The molecule has 0 aromatic carbocycles. The fourth-order valence-corrected chi connectivity index (χ4v) is 1.45. The predicted molar refractivity (Wildman–Crippen MR) is 50.6 cm³/mol. The third-order valence-corrected chi connectivity index (χ3v) is 2.51. The van der Waals surface area contributed by atoms with E-state index in [4.69, 9.17) is 17.3 Å². The van der Waals surface area contributed by atoms with Crippen LogP contribution in [-0.2, 0) is 13.5 Å². The first-order valence-electron chi connectivity index (χ1n) is 4.15. The highest BCUT2D eigenvalue weighted by Crippen LogP contribution is 2.21. The lowest BCUT2D eigenvalue weighted by atomic mass is 10.1. The molecular formula is C8H12ClF2N3. The average Bonchev–Trinajstić information content (AvgIpc) is 2.32. The van der Waals surface area contributed by atoms with E-state index >= 15 is 0 Å². The SMILES string of the molecule is Cc1nn(C)c(CC(N)C(F)F)c1Cl. The minimum atomic E-state index is -2.54. The van der Waals surface area contributed by atoms with Gasteiger partial charge in [0.25, 0.3) is 6.43 Å². The molecule has 80 valence electrons. The summed E-state index contributed by atoms with van der Waals surface area (Å²) in [5.41, 5.74) is 6.43. The van der Waals surface area contributed by atoms with Crippen molar-refractivity contribution in [1.29, 1.82) is 0 Å². The smallest absolute Gasteiger partial charge is 0.253 e. The second-order valence-corrected chi connectivity index (χ2v) is 3.55. The number of aromatic nitrogens is 2. The Kier molecular flexibility index (Phi) is 3.44. The second-order valence-electron chi connectivity index (χ2n) is 3.17. The third-order valence-electron chi connectivity index (χ3n) is 2.01. The summed E-state index contributed by atoms with van der Waals surface area (Å²) in [4.78, 5) is 0. The standard InChI is InChI=1S/C8H12ClF2N3/c1-4-7(9)6(14(2)13-4)3-5(12)8(10)11/h5,8H,3,12H2,1-2H3. The van der Waals surface area contributed by atoms with Gasteiger partial charge in [-0.2, -0.15) is 5.10 Å². The molecular weight excluding hydrogens is 212 g/mol. The van der Waals surface area contributed by atoms with Crippen LogP contribution in [0.1, 0.15) is 11.4 Å². The van der Waals surface area contributed by atoms with Gasteiger partial charge in [-0.25, -0.2) is 8.78 Å². The Morgan fingerprint density at radius 1 is 1.57 bits per heavy atom. The molecule has 1 atom stereocenters. The Hall–Kier alpha value is -0.680. The fourth-order valence-electron chi connectivity index (χ4n) is 1.21. The fraction of sp³-hybridized carbons (Fsp3) is 0.625. The highest BCUT2D eigenvalue weighted by Gasteiger charge is 2.20. The maximum Gasteiger partial charge on any atom is 0.253 e. The van der Waals surface area contributed by atoms with Crippen LogP contribution in [0, 0.1) is 6.92 Å². The molecule has 3 nitrogen and oxygen atoms in total. The molecule has 1 heterocycles. The number of halogens is 3. The van der Waals surface area contributed by atoms with Crippen molar-refractivity contribution in [2.75, 3.05) is 0 Å². The summed E-state index contributed by atoms with van der Waals surface area (Å²) in [6, 6.07) is -1.19. The summed E-state index contributed by atoms with van der Waals surface area (Å²) in [7, 11) is 1.66. The van der Waals surface area contributed by atoms with E-state index < -0.39 is 12.5 Å². The van der Waals surface area contributed by atoms with Crippen molar-refractivity contribution in [2.45, 2.75) is 25.8 Å². The maximum atomic E-state index is 12.2. The van der Waals surface area contributed by atoms with Crippen molar-refractivity contribution in [3.8, 4) is 0 Å². The molecule has 0 fully saturated rings. The molecule has 2 N–H and O–H groups in total.